The van der Waals surface area contributed by atoms with Gasteiger partial charge in [0.15, 0.2) is 0 Å². The molecule has 0 aliphatic heterocycles. The lowest BCUT2D eigenvalue weighted by atomic mass is 9.81. The summed E-state index contributed by atoms with van der Waals surface area (Å²) in [6.07, 6.45) is 1.91. The average Bonchev–Trinajstić information content (AvgIpc) is 1.96. The lowest BCUT2D eigenvalue weighted by Gasteiger charge is -2.35. The Morgan fingerprint density at radius 1 is 1.31 bits per heavy atom. The molecule has 4 nitrogen and oxygen atoms in total. The predicted molar refractivity (Wildman–Crippen MR) is 66.6 cm³/mol. The molecule has 0 spiro atoms. The van der Waals surface area contributed by atoms with Crippen molar-refractivity contribution in [3.63, 3.8) is 0 Å². The molecule has 2 N–H and O–H groups in total. The van der Waals surface area contributed by atoms with E-state index in [1.807, 2.05) is 20.8 Å². The first-order valence-electron chi connectivity index (χ1n) is 5.80. The standard InChI is InChI=1S/C11H24N2O2S/c1-11(2,3)8-16(14,15)13(4)7-9-5-10(12)6-9/h9-10H,5-8,12H2,1-4H3. The molecule has 0 aromatic heterocycles. The van der Waals surface area contributed by atoms with Gasteiger partial charge in [-0.1, -0.05) is 20.8 Å². The highest BCUT2D eigenvalue weighted by atomic mass is 32.2. The van der Waals surface area contributed by atoms with E-state index in [0.29, 0.717) is 12.5 Å². The van der Waals surface area contributed by atoms with E-state index in [-0.39, 0.29) is 17.2 Å². The number of hydrogen-bond acceptors (Lipinski definition) is 3. The molecule has 0 heterocycles. The molecule has 96 valence electrons. The molecule has 0 radical (unpaired) electrons. The first kappa shape index (κ1) is 13.9. The lowest BCUT2D eigenvalue weighted by molar-refractivity contribution is 0.226. The summed E-state index contributed by atoms with van der Waals surface area (Å²) >= 11 is 0. The monoisotopic (exact) mass is 248 g/mol. The maximum absolute atomic E-state index is 12.0. The number of hydrogen-bond donors (Lipinski definition) is 1. The summed E-state index contributed by atoms with van der Waals surface area (Å²) in [6.45, 7) is 6.44. The van der Waals surface area contributed by atoms with Crippen LogP contribution in [0.5, 0.6) is 0 Å². The summed E-state index contributed by atoms with van der Waals surface area (Å²) in [5.74, 6) is 0.657. The second kappa shape index (κ2) is 4.63. The highest BCUT2D eigenvalue weighted by Gasteiger charge is 2.31. The minimum absolute atomic E-state index is 0.191. The van der Waals surface area contributed by atoms with Crippen LogP contribution in [0.15, 0.2) is 0 Å². The molecule has 0 aromatic rings. The van der Waals surface area contributed by atoms with Crippen LogP contribution in [0, 0.1) is 11.3 Å². The zero-order valence-corrected chi connectivity index (χ0v) is 11.5. The summed E-state index contributed by atoms with van der Waals surface area (Å²) in [7, 11) is -1.44. The van der Waals surface area contributed by atoms with Gasteiger partial charge >= 0.3 is 0 Å². The van der Waals surface area contributed by atoms with Gasteiger partial charge in [-0.2, -0.15) is 0 Å². The molecule has 0 aromatic carbocycles. The molecular formula is C11H24N2O2S. The molecule has 0 saturated heterocycles. The Morgan fingerprint density at radius 2 is 1.81 bits per heavy atom. The predicted octanol–water partition coefficient (Wildman–Crippen LogP) is 1.03. The Hall–Kier alpha value is -0.130. The maximum Gasteiger partial charge on any atom is 0.214 e. The normalized spacial score (nSPS) is 26.9. The SMILES string of the molecule is CN(CC1CC(N)C1)S(=O)(=O)CC(C)(C)C. The molecule has 1 aliphatic rings. The van der Waals surface area contributed by atoms with Gasteiger partial charge in [-0.3, -0.25) is 0 Å². The van der Waals surface area contributed by atoms with E-state index in [9.17, 15) is 8.42 Å². The van der Waals surface area contributed by atoms with Gasteiger partial charge in [0.05, 0.1) is 5.75 Å². The van der Waals surface area contributed by atoms with Crippen LogP contribution < -0.4 is 5.73 Å². The lowest BCUT2D eigenvalue weighted by Crippen LogP contribution is -2.44. The highest BCUT2D eigenvalue weighted by Crippen LogP contribution is 2.27. The van der Waals surface area contributed by atoms with Crippen LogP contribution in [0.1, 0.15) is 33.6 Å². The number of sulfonamides is 1. The third kappa shape index (κ3) is 4.03. The fourth-order valence-corrected chi connectivity index (χ4v) is 3.82. The van der Waals surface area contributed by atoms with Crippen LogP contribution in [0.2, 0.25) is 0 Å². The Morgan fingerprint density at radius 3 is 2.19 bits per heavy atom. The fourth-order valence-electron chi connectivity index (χ4n) is 2.07. The zero-order valence-electron chi connectivity index (χ0n) is 10.7. The molecule has 0 unspecified atom stereocenters. The van der Waals surface area contributed by atoms with Crippen molar-refractivity contribution in [1.82, 2.24) is 4.31 Å². The summed E-state index contributed by atoms with van der Waals surface area (Å²) < 4.78 is 25.5. The summed E-state index contributed by atoms with van der Waals surface area (Å²) in [4.78, 5) is 0. The zero-order chi connectivity index (χ0) is 12.6. The summed E-state index contributed by atoms with van der Waals surface area (Å²) in [5, 5.41) is 0. The van der Waals surface area contributed by atoms with Crippen molar-refractivity contribution in [1.29, 1.82) is 0 Å². The van der Waals surface area contributed by atoms with Crippen molar-refractivity contribution in [2.45, 2.75) is 39.7 Å². The van der Waals surface area contributed by atoms with Gasteiger partial charge in [-0.25, -0.2) is 12.7 Å². The van der Waals surface area contributed by atoms with E-state index >= 15 is 0 Å². The Bertz CT molecular complexity index is 326. The van der Waals surface area contributed by atoms with E-state index in [1.54, 1.807) is 7.05 Å². The second-order valence-electron chi connectivity index (χ2n) is 6.19. The molecular weight excluding hydrogens is 224 g/mol. The number of rotatable bonds is 4. The first-order valence-corrected chi connectivity index (χ1v) is 7.41. The minimum Gasteiger partial charge on any atom is -0.328 e. The molecule has 5 heteroatoms. The maximum atomic E-state index is 12.0. The molecule has 0 bridgehead atoms. The molecule has 0 atom stereocenters. The van der Waals surface area contributed by atoms with Gasteiger partial charge in [0, 0.05) is 19.6 Å². The third-order valence-corrected chi connectivity index (χ3v) is 5.21. The van der Waals surface area contributed by atoms with Crippen LogP contribution in [0.3, 0.4) is 0 Å². The molecule has 0 amide bonds. The van der Waals surface area contributed by atoms with Crippen molar-refractivity contribution in [3.8, 4) is 0 Å². The van der Waals surface area contributed by atoms with Crippen molar-refractivity contribution in [3.05, 3.63) is 0 Å². The second-order valence-corrected chi connectivity index (χ2v) is 8.27. The number of nitrogens with two attached hydrogens (primary N) is 1. The topological polar surface area (TPSA) is 63.4 Å². The Labute approximate surface area is 99.2 Å². The number of nitrogens with zero attached hydrogens (tertiary/aromatic N) is 1. The highest BCUT2D eigenvalue weighted by molar-refractivity contribution is 7.89. The van der Waals surface area contributed by atoms with Crippen LogP contribution in [0.25, 0.3) is 0 Å². The van der Waals surface area contributed by atoms with Crippen LogP contribution in [-0.4, -0.2) is 38.1 Å². The summed E-state index contributed by atoms with van der Waals surface area (Å²) in [6, 6.07) is 0.281. The molecule has 1 rings (SSSR count). The van der Waals surface area contributed by atoms with Crippen LogP contribution in [0.4, 0.5) is 0 Å². The van der Waals surface area contributed by atoms with Crippen molar-refractivity contribution < 1.29 is 8.42 Å². The van der Waals surface area contributed by atoms with Crippen LogP contribution >= 0.6 is 0 Å². The van der Waals surface area contributed by atoms with Crippen molar-refractivity contribution >= 4 is 10.0 Å². The van der Waals surface area contributed by atoms with E-state index in [2.05, 4.69) is 0 Å². The van der Waals surface area contributed by atoms with Gasteiger partial charge in [0.25, 0.3) is 0 Å². The Balaban J connectivity index is 2.49. The molecule has 1 saturated carbocycles. The van der Waals surface area contributed by atoms with Crippen molar-refractivity contribution in [2.24, 2.45) is 17.1 Å². The van der Waals surface area contributed by atoms with Crippen molar-refractivity contribution in [2.75, 3.05) is 19.3 Å². The van der Waals surface area contributed by atoms with E-state index in [0.717, 1.165) is 12.8 Å². The Kier molecular flexibility index (Phi) is 4.03. The van der Waals surface area contributed by atoms with Gasteiger partial charge < -0.3 is 5.73 Å². The van der Waals surface area contributed by atoms with E-state index in [1.165, 1.54) is 4.31 Å². The summed E-state index contributed by atoms with van der Waals surface area (Å²) in [5.41, 5.74) is 5.50. The minimum atomic E-state index is -3.11. The largest absolute Gasteiger partial charge is 0.328 e. The van der Waals surface area contributed by atoms with Gasteiger partial charge in [0.2, 0.25) is 10.0 Å². The molecule has 16 heavy (non-hydrogen) atoms. The quantitative estimate of drug-likeness (QED) is 0.808. The molecule has 1 aliphatic carbocycles. The van der Waals surface area contributed by atoms with Gasteiger partial charge in [-0.05, 0) is 24.2 Å². The fraction of sp³-hybridized carbons (Fsp3) is 1.00. The van der Waals surface area contributed by atoms with E-state index in [4.69, 9.17) is 5.73 Å². The van der Waals surface area contributed by atoms with E-state index < -0.39 is 10.0 Å². The smallest absolute Gasteiger partial charge is 0.214 e. The van der Waals surface area contributed by atoms with Gasteiger partial charge in [0.1, 0.15) is 0 Å². The molecule has 1 fully saturated rings. The van der Waals surface area contributed by atoms with Crippen LogP contribution in [-0.2, 0) is 10.0 Å². The first-order chi connectivity index (χ1) is 7.10. The third-order valence-electron chi connectivity index (χ3n) is 2.88. The average molecular weight is 248 g/mol. The van der Waals surface area contributed by atoms with Gasteiger partial charge in [-0.15, -0.1) is 0 Å².